The Morgan fingerprint density at radius 1 is 1.13 bits per heavy atom. The minimum absolute atomic E-state index is 0.0729. The Morgan fingerprint density at radius 3 is 2.71 bits per heavy atom. The van der Waals surface area contributed by atoms with Crippen LogP contribution in [-0.2, 0) is 9.53 Å². The highest BCUT2D eigenvalue weighted by molar-refractivity contribution is 6.34. The number of ether oxygens (including phenoxy) is 3. The number of cyclic esters (lactones) is 1. The van der Waals surface area contributed by atoms with E-state index in [1.807, 2.05) is 0 Å². The van der Waals surface area contributed by atoms with Gasteiger partial charge in [0.25, 0.3) is 0 Å². The first-order chi connectivity index (χ1) is 15.0. The fraction of sp³-hybridized carbons (Fsp3) is 0.0870. The molecule has 0 spiro atoms. The second-order valence-electron chi connectivity index (χ2n) is 6.32. The number of hydrogen-bond acceptors (Lipinski definition) is 7. The molecule has 2 heterocycles. The van der Waals surface area contributed by atoms with Gasteiger partial charge >= 0.3 is 11.9 Å². The fourth-order valence-corrected chi connectivity index (χ4v) is 3.05. The molecule has 4 rings (SSSR count). The summed E-state index contributed by atoms with van der Waals surface area (Å²) in [5, 5.41) is 0.427. The molecule has 1 aliphatic heterocycles. The average molecular weight is 438 g/mol. The third-order valence-corrected chi connectivity index (χ3v) is 4.55. The Morgan fingerprint density at radius 2 is 1.97 bits per heavy atom. The molecule has 7 nitrogen and oxygen atoms in total. The van der Waals surface area contributed by atoms with Crippen LogP contribution in [-0.4, -0.2) is 24.4 Å². The minimum atomic E-state index is -0.648. The Bertz CT molecular complexity index is 1200. The molecule has 3 aromatic rings. The number of carbonyl (C=O) groups excluding carboxylic acids is 2. The van der Waals surface area contributed by atoms with Crippen LogP contribution in [0.3, 0.4) is 0 Å². The molecule has 8 heteroatoms. The summed E-state index contributed by atoms with van der Waals surface area (Å²) in [6.07, 6.45) is 2.93. The summed E-state index contributed by atoms with van der Waals surface area (Å²) in [5.41, 5.74) is 1.24. The molecular weight excluding hydrogens is 422 g/mol. The lowest BCUT2D eigenvalue weighted by atomic mass is 10.1. The number of halogens is 1. The molecule has 1 aliphatic rings. The van der Waals surface area contributed by atoms with E-state index in [0.29, 0.717) is 28.5 Å². The standard InChI is InChI=1S/C23H16ClNO6/c1-2-28-20-13-14(9-10-18(20)30-23(27)19-8-5-11-29-19)12-17-22(26)31-21(25-17)15-6-3-4-7-16(15)24/h3-13H,2H2,1H3/b17-12-. The SMILES string of the molecule is CCOc1cc(/C=C2\N=C(c3ccccc3Cl)OC2=O)ccc1OC(=O)c1ccco1. The quantitative estimate of drug-likeness (QED) is 0.310. The van der Waals surface area contributed by atoms with Crippen molar-refractivity contribution in [3.05, 3.63) is 88.5 Å². The highest BCUT2D eigenvalue weighted by Crippen LogP contribution is 2.31. The van der Waals surface area contributed by atoms with Gasteiger partial charge < -0.3 is 18.6 Å². The monoisotopic (exact) mass is 437 g/mol. The molecule has 0 saturated carbocycles. The Hall–Kier alpha value is -3.84. The molecule has 0 aliphatic carbocycles. The molecule has 0 fully saturated rings. The van der Waals surface area contributed by atoms with Gasteiger partial charge in [-0.2, -0.15) is 0 Å². The van der Waals surface area contributed by atoms with Crippen molar-refractivity contribution in [1.29, 1.82) is 0 Å². The van der Waals surface area contributed by atoms with Crippen LogP contribution in [0.1, 0.15) is 28.6 Å². The molecular formula is C23H16ClNO6. The molecule has 2 aromatic carbocycles. The van der Waals surface area contributed by atoms with Gasteiger partial charge in [-0.1, -0.05) is 29.8 Å². The number of aliphatic imine (C=N–C) groups is 1. The second-order valence-corrected chi connectivity index (χ2v) is 6.73. The minimum Gasteiger partial charge on any atom is -0.490 e. The molecule has 0 saturated heterocycles. The molecule has 0 unspecified atom stereocenters. The van der Waals surface area contributed by atoms with Crippen molar-refractivity contribution in [2.75, 3.05) is 6.61 Å². The van der Waals surface area contributed by atoms with Gasteiger partial charge in [0.2, 0.25) is 11.7 Å². The predicted octanol–water partition coefficient (Wildman–Crippen LogP) is 4.90. The van der Waals surface area contributed by atoms with Crippen molar-refractivity contribution >= 4 is 35.5 Å². The molecule has 1 aromatic heterocycles. The lowest BCUT2D eigenvalue weighted by molar-refractivity contribution is -0.129. The summed E-state index contributed by atoms with van der Waals surface area (Å²) in [4.78, 5) is 28.7. The first-order valence-electron chi connectivity index (χ1n) is 9.35. The normalized spacial score (nSPS) is 14.3. The fourth-order valence-electron chi connectivity index (χ4n) is 2.83. The summed E-state index contributed by atoms with van der Waals surface area (Å²) in [6.45, 7) is 2.15. The zero-order valence-electron chi connectivity index (χ0n) is 16.3. The number of hydrogen-bond donors (Lipinski definition) is 0. The Kier molecular flexibility index (Phi) is 5.86. The number of furan rings is 1. The van der Waals surface area contributed by atoms with Crippen molar-refractivity contribution in [3.8, 4) is 11.5 Å². The molecule has 31 heavy (non-hydrogen) atoms. The highest BCUT2D eigenvalue weighted by atomic mass is 35.5. The van der Waals surface area contributed by atoms with E-state index >= 15 is 0 Å². The van der Waals surface area contributed by atoms with E-state index < -0.39 is 11.9 Å². The maximum Gasteiger partial charge on any atom is 0.379 e. The first-order valence-corrected chi connectivity index (χ1v) is 9.73. The van der Waals surface area contributed by atoms with Crippen molar-refractivity contribution < 1.29 is 28.2 Å². The molecule has 0 N–H and O–H groups in total. The van der Waals surface area contributed by atoms with Gasteiger partial charge in [0.15, 0.2) is 17.2 Å². The van der Waals surface area contributed by atoms with Crippen molar-refractivity contribution in [2.24, 2.45) is 4.99 Å². The summed E-state index contributed by atoms with van der Waals surface area (Å²) in [7, 11) is 0. The first kappa shape index (κ1) is 20.4. The summed E-state index contributed by atoms with van der Waals surface area (Å²) >= 11 is 6.16. The third-order valence-electron chi connectivity index (χ3n) is 4.22. The number of benzene rings is 2. The average Bonchev–Trinajstić information content (AvgIpc) is 3.41. The second kappa shape index (κ2) is 8.89. The van der Waals surface area contributed by atoms with E-state index in [1.54, 1.807) is 61.5 Å². The van der Waals surface area contributed by atoms with E-state index in [1.165, 1.54) is 12.3 Å². The van der Waals surface area contributed by atoms with E-state index in [9.17, 15) is 9.59 Å². The van der Waals surface area contributed by atoms with Crippen LogP contribution in [0, 0.1) is 0 Å². The number of nitrogens with zero attached hydrogens (tertiary/aromatic N) is 1. The van der Waals surface area contributed by atoms with E-state index in [0.717, 1.165) is 0 Å². The van der Waals surface area contributed by atoms with E-state index in [-0.39, 0.29) is 23.1 Å². The molecule has 0 radical (unpaired) electrons. The summed E-state index contributed by atoms with van der Waals surface area (Å²) < 4.78 is 21.3. The summed E-state index contributed by atoms with van der Waals surface area (Å²) in [5.74, 6) is -0.482. The van der Waals surface area contributed by atoms with Crippen LogP contribution in [0.25, 0.3) is 6.08 Å². The number of carbonyl (C=O) groups is 2. The zero-order chi connectivity index (χ0) is 21.8. The van der Waals surface area contributed by atoms with Crippen LogP contribution in [0.5, 0.6) is 11.5 Å². The van der Waals surface area contributed by atoms with Gasteiger partial charge in [-0.15, -0.1) is 0 Å². The Balaban J connectivity index is 1.61. The van der Waals surface area contributed by atoms with Crippen molar-refractivity contribution in [3.63, 3.8) is 0 Å². The third kappa shape index (κ3) is 4.51. The number of rotatable bonds is 6. The van der Waals surface area contributed by atoms with Gasteiger partial charge in [-0.25, -0.2) is 14.6 Å². The highest BCUT2D eigenvalue weighted by Gasteiger charge is 2.25. The van der Waals surface area contributed by atoms with Gasteiger partial charge in [-0.05, 0) is 55.0 Å². The van der Waals surface area contributed by atoms with Crippen LogP contribution in [0.4, 0.5) is 0 Å². The zero-order valence-corrected chi connectivity index (χ0v) is 17.1. The Labute approximate surface area is 182 Å². The van der Waals surface area contributed by atoms with Crippen molar-refractivity contribution in [2.45, 2.75) is 6.92 Å². The van der Waals surface area contributed by atoms with Crippen LogP contribution in [0.2, 0.25) is 5.02 Å². The molecule has 0 bridgehead atoms. The lowest BCUT2D eigenvalue weighted by Gasteiger charge is -2.10. The number of esters is 2. The van der Waals surface area contributed by atoms with Crippen LogP contribution < -0.4 is 9.47 Å². The van der Waals surface area contributed by atoms with E-state index in [4.69, 9.17) is 30.2 Å². The molecule has 0 amide bonds. The van der Waals surface area contributed by atoms with Gasteiger partial charge in [0.05, 0.1) is 23.5 Å². The largest absolute Gasteiger partial charge is 0.490 e. The van der Waals surface area contributed by atoms with E-state index in [2.05, 4.69) is 4.99 Å². The molecule has 156 valence electrons. The maximum atomic E-state index is 12.3. The van der Waals surface area contributed by atoms with Crippen LogP contribution >= 0.6 is 11.6 Å². The predicted molar refractivity (Wildman–Crippen MR) is 113 cm³/mol. The van der Waals surface area contributed by atoms with Crippen LogP contribution in [0.15, 0.2) is 76.0 Å². The smallest absolute Gasteiger partial charge is 0.379 e. The topological polar surface area (TPSA) is 87.3 Å². The van der Waals surface area contributed by atoms with Gasteiger partial charge in [-0.3, -0.25) is 0 Å². The van der Waals surface area contributed by atoms with Crippen molar-refractivity contribution in [1.82, 2.24) is 0 Å². The van der Waals surface area contributed by atoms with Gasteiger partial charge in [0, 0.05) is 0 Å². The lowest BCUT2D eigenvalue weighted by Crippen LogP contribution is -2.08. The maximum absolute atomic E-state index is 12.3. The summed E-state index contributed by atoms with van der Waals surface area (Å²) in [6, 6.07) is 14.9. The van der Waals surface area contributed by atoms with Gasteiger partial charge in [0.1, 0.15) is 0 Å². The molecule has 0 atom stereocenters.